The Balaban J connectivity index is 0.00000256. The van der Waals surface area contributed by atoms with Crippen LogP contribution in [-0.2, 0) is 13.0 Å². The van der Waals surface area contributed by atoms with E-state index in [4.69, 9.17) is 0 Å². The number of hydrogen-bond donors (Lipinski definition) is 4. The SMILES string of the molecule is CN=C(NCCc1c[nH]c2cc(F)ccc12)NCc1ncc(-c2ccccc2)[nH]1.I. The van der Waals surface area contributed by atoms with Crippen molar-refractivity contribution in [2.75, 3.05) is 13.6 Å². The molecular formula is C22H24FIN6. The molecule has 2 heterocycles. The highest BCUT2D eigenvalue weighted by molar-refractivity contribution is 14.0. The lowest BCUT2D eigenvalue weighted by Crippen LogP contribution is -2.38. The summed E-state index contributed by atoms with van der Waals surface area (Å²) < 4.78 is 13.3. The number of aliphatic imine (C=N–C) groups is 1. The zero-order chi connectivity index (χ0) is 20.1. The average molecular weight is 518 g/mol. The summed E-state index contributed by atoms with van der Waals surface area (Å²) in [5.74, 6) is 1.31. The first-order chi connectivity index (χ1) is 14.2. The van der Waals surface area contributed by atoms with Crippen molar-refractivity contribution in [3.8, 4) is 11.3 Å². The zero-order valence-corrected chi connectivity index (χ0v) is 18.9. The van der Waals surface area contributed by atoms with Gasteiger partial charge in [-0.3, -0.25) is 4.99 Å². The molecule has 0 aliphatic heterocycles. The maximum Gasteiger partial charge on any atom is 0.191 e. The van der Waals surface area contributed by atoms with Crippen LogP contribution in [0.2, 0.25) is 0 Å². The van der Waals surface area contributed by atoms with Gasteiger partial charge in [-0.25, -0.2) is 9.37 Å². The smallest absolute Gasteiger partial charge is 0.191 e. The van der Waals surface area contributed by atoms with Gasteiger partial charge in [0.05, 0.1) is 18.4 Å². The molecule has 4 rings (SSSR count). The van der Waals surface area contributed by atoms with Gasteiger partial charge in [0.2, 0.25) is 0 Å². The minimum atomic E-state index is -0.234. The predicted molar refractivity (Wildman–Crippen MR) is 130 cm³/mol. The molecule has 156 valence electrons. The molecular weight excluding hydrogens is 494 g/mol. The molecule has 4 aromatic rings. The Morgan fingerprint density at radius 3 is 2.77 bits per heavy atom. The summed E-state index contributed by atoms with van der Waals surface area (Å²) in [6.45, 7) is 1.25. The summed E-state index contributed by atoms with van der Waals surface area (Å²) in [6, 6.07) is 14.9. The molecule has 0 fully saturated rings. The van der Waals surface area contributed by atoms with Crippen LogP contribution >= 0.6 is 24.0 Å². The van der Waals surface area contributed by atoms with Crippen LogP contribution in [0.15, 0.2) is 65.9 Å². The molecule has 0 atom stereocenters. The van der Waals surface area contributed by atoms with Crippen molar-refractivity contribution in [3.05, 3.63) is 78.1 Å². The van der Waals surface area contributed by atoms with E-state index in [0.717, 1.165) is 40.0 Å². The summed E-state index contributed by atoms with van der Waals surface area (Å²) in [4.78, 5) is 15.1. The van der Waals surface area contributed by atoms with E-state index < -0.39 is 0 Å². The van der Waals surface area contributed by atoms with Gasteiger partial charge in [-0.05, 0) is 35.7 Å². The molecule has 8 heteroatoms. The number of fused-ring (bicyclic) bond motifs is 1. The molecule has 0 unspecified atom stereocenters. The van der Waals surface area contributed by atoms with Gasteiger partial charge in [-0.15, -0.1) is 24.0 Å². The lowest BCUT2D eigenvalue weighted by atomic mass is 10.1. The third-order valence-corrected chi connectivity index (χ3v) is 4.78. The maximum atomic E-state index is 13.3. The van der Waals surface area contributed by atoms with Crippen LogP contribution in [0.25, 0.3) is 22.2 Å². The Bertz CT molecular complexity index is 1120. The third-order valence-electron chi connectivity index (χ3n) is 4.78. The lowest BCUT2D eigenvalue weighted by molar-refractivity contribution is 0.629. The average Bonchev–Trinajstić information content (AvgIpc) is 3.38. The Morgan fingerprint density at radius 2 is 1.97 bits per heavy atom. The van der Waals surface area contributed by atoms with Gasteiger partial charge in [0.15, 0.2) is 5.96 Å². The summed E-state index contributed by atoms with van der Waals surface area (Å²) >= 11 is 0. The van der Waals surface area contributed by atoms with Crippen molar-refractivity contribution >= 4 is 40.8 Å². The van der Waals surface area contributed by atoms with Gasteiger partial charge >= 0.3 is 0 Å². The van der Waals surface area contributed by atoms with E-state index in [9.17, 15) is 4.39 Å². The van der Waals surface area contributed by atoms with Crippen LogP contribution in [-0.4, -0.2) is 34.5 Å². The molecule has 0 radical (unpaired) electrons. The Labute approximate surface area is 191 Å². The molecule has 0 bridgehead atoms. The molecule has 0 amide bonds. The molecule has 0 spiro atoms. The summed E-state index contributed by atoms with van der Waals surface area (Å²) in [7, 11) is 1.74. The fourth-order valence-corrected chi connectivity index (χ4v) is 3.29. The molecule has 6 nitrogen and oxygen atoms in total. The summed E-state index contributed by atoms with van der Waals surface area (Å²) in [5, 5.41) is 7.61. The van der Waals surface area contributed by atoms with E-state index in [1.165, 1.54) is 12.1 Å². The Hall–Kier alpha value is -2.88. The van der Waals surface area contributed by atoms with Gasteiger partial charge in [0.1, 0.15) is 11.6 Å². The van der Waals surface area contributed by atoms with Crippen molar-refractivity contribution in [3.63, 3.8) is 0 Å². The van der Waals surface area contributed by atoms with E-state index in [1.54, 1.807) is 7.05 Å². The van der Waals surface area contributed by atoms with Gasteiger partial charge in [0.25, 0.3) is 0 Å². The Kier molecular flexibility index (Phi) is 7.45. The maximum absolute atomic E-state index is 13.3. The monoisotopic (exact) mass is 518 g/mol. The first kappa shape index (κ1) is 21.8. The topological polar surface area (TPSA) is 80.9 Å². The van der Waals surface area contributed by atoms with Crippen LogP contribution in [0.3, 0.4) is 0 Å². The summed E-state index contributed by atoms with van der Waals surface area (Å²) in [5.41, 5.74) is 4.05. The number of nitrogens with zero attached hydrogens (tertiary/aromatic N) is 2. The molecule has 2 aromatic heterocycles. The van der Waals surface area contributed by atoms with E-state index in [-0.39, 0.29) is 29.8 Å². The molecule has 30 heavy (non-hydrogen) atoms. The molecule has 2 aromatic carbocycles. The minimum Gasteiger partial charge on any atom is -0.361 e. The van der Waals surface area contributed by atoms with Crippen LogP contribution in [0.5, 0.6) is 0 Å². The second-order valence-corrected chi connectivity index (χ2v) is 6.72. The highest BCUT2D eigenvalue weighted by Crippen LogP contribution is 2.19. The fourth-order valence-electron chi connectivity index (χ4n) is 3.29. The summed E-state index contributed by atoms with van der Waals surface area (Å²) in [6.07, 6.45) is 4.56. The van der Waals surface area contributed by atoms with Gasteiger partial charge in [-0.1, -0.05) is 30.3 Å². The molecule has 0 aliphatic carbocycles. The highest BCUT2D eigenvalue weighted by Gasteiger charge is 2.06. The van der Waals surface area contributed by atoms with Crippen LogP contribution < -0.4 is 10.6 Å². The number of aromatic nitrogens is 3. The second-order valence-electron chi connectivity index (χ2n) is 6.72. The number of H-pyrrole nitrogens is 2. The second kappa shape index (κ2) is 10.2. The zero-order valence-electron chi connectivity index (χ0n) is 16.6. The van der Waals surface area contributed by atoms with Crippen LogP contribution in [0.1, 0.15) is 11.4 Å². The fraction of sp³-hybridized carbons (Fsp3) is 0.182. The normalized spacial score (nSPS) is 11.3. The van der Waals surface area contributed by atoms with Crippen molar-refractivity contribution in [1.29, 1.82) is 0 Å². The largest absolute Gasteiger partial charge is 0.361 e. The van der Waals surface area contributed by atoms with Crippen molar-refractivity contribution in [2.45, 2.75) is 13.0 Å². The standard InChI is InChI=1S/C22H23FN6.HI/c1-24-22(25-10-9-16-12-26-19-11-17(23)7-8-18(16)19)28-14-21-27-13-20(29-21)15-5-3-2-4-6-15;/h2-8,11-13,26H,9-10,14H2,1H3,(H,27,29)(H2,24,25,28);1H. The first-order valence-corrected chi connectivity index (χ1v) is 9.52. The predicted octanol–water partition coefficient (Wildman–Crippen LogP) is 4.22. The molecule has 0 aliphatic rings. The highest BCUT2D eigenvalue weighted by atomic mass is 127. The number of nitrogens with one attached hydrogen (secondary N) is 4. The number of aromatic amines is 2. The van der Waals surface area contributed by atoms with E-state index >= 15 is 0 Å². The molecule has 4 N–H and O–H groups in total. The van der Waals surface area contributed by atoms with E-state index in [1.807, 2.05) is 48.8 Å². The number of benzene rings is 2. The first-order valence-electron chi connectivity index (χ1n) is 9.52. The Morgan fingerprint density at radius 1 is 1.13 bits per heavy atom. The lowest BCUT2D eigenvalue weighted by Gasteiger charge is -2.10. The molecule has 0 saturated heterocycles. The number of guanidine groups is 1. The van der Waals surface area contributed by atoms with Crippen LogP contribution in [0.4, 0.5) is 4.39 Å². The number of rotatable bonds is 6. The number of hydrogen-bond acceptors (Lipinski definition) is 2. The van der Waals surface area contributed by atoms with E-state index in [0.29, 0.717) is 19.0 Å². The minimum absolute atomic E-state index is 0. The van der Waals surface area contributed by atoms with Gasteiger partial charge in [0, 0.05) is 30.7 Å². The third kappa shape index (κ3) is 5.18. The van der Waals surface area contributed by atoms with Crippen molar-refractivity contribution in [1.82, 2.24) is 25.6 Å². The molecule has 0 saturated carbocycles. The van der Waals surface area contributed by atoms with Crippen molar-refractivity contribution < 1.29 is 4.39 Å². The van der Waals surface area contributed by atoms with Crippen molar-refractivity contribution in [2.24, 2.45) is 4.99 Å². The van der Waals surface area contributed by atoms with E-state index in [2.05, 4.69) is 30.6 Å². The van der Waals surface area contributed by atoms with Gasteiger partial charge in [-0.2, -0.15) is 0 Å². The number of imidazole rings is 1. The number of halogens is 2. The van der Waals surface area contributed by atoms with Gasteiger partial charge < -0.3 is 20.6 Å². The van der Waals surface area contributed by atoms with Crippen LogP contribution in [0, 0.1) is 5.82 Å². The quantitative estimate of drug-likeness (QED) is 0.175.